The molecular formula is C26H36N4O5. The highest BCUT2D eigenvalue weighted by molar-refractivity contribution is 5.95. The lowest BCUT2D eigenvalue weighted by Gasteiger charge is -2.35. The van der Waals surface area contributed by atoms with E-state index >= 15 is 0 Å². The normalized spacial score (nSPS) is 14.7. The average Bonchev–Trinajstić information content (AvgIpc) is 3.60. The summed E-state index contributed by atoms with van der Waals surface area (Å²) in [6.07, 6.45) is 7.43. The zero-order chi connectivity index (χ0) is 26.2. The Labute approximate surface area is 207 Å². The molecule has 9 nitrogen and oxygen atoms in total. The molecule has 1 aromatic rings. The van der Waals surface area contributed by atoms with Crippen molar-refractivity contribution in [2.24, 2.45) is 5.73 Å². The third-order valence-corrected chi connectivity index (χ3v) is 5.36. The fraction of sp³-hybridized carbons (Fsp3) is 0.538. The molecule has 2 rings (SSSR count). The molecule has 0 aliphatic heterocycles. The molecule has 0 heterocycles. The summed E-state index contributed by atoms with van der Waals surface area (Å²) < 4.78 is 5.27. The van der Waals surface area contributed by atoms with Gasteiger partial charge in [0.2, 0.25) is 17.7 Å². The minimum Gasteiger partial charge on any atom is -0.444 e. The van der Waals surface area contributed by atoms with Gasteiger partial charge in [-0.1, -0.05) is 37.5 Å². The zero-order valence-electron chi connectivity index (χ0n) is 20.9. The summed E-state index contributed by atoms with van der Waals surface area (Å²) in [7, 11) is 0. The molecule has 0 saturated heterocycles. The van der Waals surface area contributed by atoms with E-state index < -0.39 is 42.0 Å². The second-order valence-electron chi connectivity index (χ2n) is 9.62. The fourth-order valence-corrected chi connectivity index (χ4v) is 3.67. The predicted molar refractivity (Wildman–Crippen MR) is 132 cm³/mol. The van der Waals surface area contributed by atoms with Crippen molar-refractivity contribution in [2.45, 2.75) is 83.5 Å². The Morgan fingerprint density at radius 2 is 1.89 bits per heavy atom. The first-order chi connectivity index (χ1) is 16.5. The van der Waals surface area contributed by atoms with Gasteiger partial charge in [0.1, 0.15) is 17.7 Å². The number of primary amides is 1. The maximum absolute atomic E-state index is 13.8. The van der Waals surface area contributed by atoms with Crippen LogP contribution in [0.2, 0.25) is 0 Å². The predicted octanol–water partition coefficient (Wildman–Crippen LogP) is 2.39. The van der Waals surface area contributed by atoms with E-state index in [1.54, 1.807) is 45.0 Å². The Bertz CT molecular complexity index is 975. The lowest BCUT2D eigenvalue weighted by molar-refractivity contribution is -0.144. The van der Waals surface area contributed by atoms with Gasteiger partial charge in [0.15, 0.2) is 0 Å². The van der Waals surface area contributed by atoms with Crippen LogP contribution >= 0.6 is 0 Å². The third kappa shape index (κ3) is 8.32. The molecule has 2 unspecified atom stereocenters. The van der Waals surface area contributed by atoms with Crippen molar-refractivity contribution in [2.75, 3.05) is 6.54 Å². The molecule has 4 N–H and O–H groups in total. The smallest absolute Gasteiger partial charge is 0.408 e. The minimum absolute atomic E-state index is 0.244. The van der Waals surface area contributed by atoms with Gasteiger partial charge in [0, 0.05) is 18.2 Å². The van der Waals surface area contributed by atoms with Crippen LogP contribution in [0.15, 0.2) is 24.3 Å². The van der Waals surface area contributed by atoms with Crippen LogP contribution < -0.4 is 16.4 Å². The van der Waals surface area contributed by atoms with Crippen molar-refractivity contribution in [1.29, 1.82) is 0 Å². The Balaban J connectivity index is 2.47. The summed E-state index contributed by atoms with van der Waals surface area (Å²) in [4.78, 5) is 52.9. The largest absolute Gasteiger partial charge is 0.444 e. The van der Waals surface area contributed by atoms with Crippen LogP contribution in [-0.2, 0) is 19.1 Å². The van der Waals surface area contributed by atoms with Gasteiger partial charge in [-0.05, 0) is 51.7 Å². The van der Waals surface area contributed by atoms with Crippen LogP contribution in [-0.4, -0.2) is 52.9 Å². The molecule has 35 heavy (non-hydrogen) atoms. The number of amides is 4. The molecule has 0 bridgehead atoms. The molecule has 2 atom stereocenters. The molecule has 4 amide bonds. The van der Waals surface area contributed by atoms with Gasteiger partial charge in [-0.2, -0.15) is 0 Å². The average molecular weight is 485 g/mol. The van der Waals surface area contributed by atoms with Gasteiger partial charge in [-0.25, -0.2) is 4.79 Å². The first kappa shape index (κ1) is 27.7. The molecule has 1 aliphatic carbocycles. The van der Waals surface area contributed by atoms with Crippen LogP contribution in [0.5, 0.6) is 0 Å². The number of nitrogens with zero attached hydrogens (tertiary/aromatic N) is 1. The molecule has 1 aromatic carbocycles. The van der Waals surface area contributed by atoms with Crippen molar-refractivity contribution in [3.63, 3.8) is 0 Å². The van der Waals surface area contributed by atoms with Gasteiger partial charge in [-0.15, -0.1) is 6.42 Å². The highest BCUT2D eigenvalue weighted by Crippen LogP contribution is 2.36. The molecule has 0 spiro atoms. The molecule has 1 fully saturated rings. The Morgan fingerprint density at radius 1 is 1.23 bits per heavy atom. The highest BCUT2D eigenvalue weighted by atomic mass is 16.6. The maximum atomic E-state index is 13.8. The lowest BCUT2D eigenvalue weighted by Crippen LogP contribution is -2.54. The number of hydrogen-bond acceptors (Lipinski definition) is 5. The molecule has 190 valence electrons. The third-order valence-electron chi connectivity index (χ3n) is 5.36. The summed E-state index contributed by atoms with van der Waals surface area (Å²) in [6.45, 7) is 7.50. The Hall–Kier alpha value is -3.54. The Kier molecular flexibility index (Phi) is 9.69. The van der Waals surface area contributed by atoms with Gasteiger partial charge in [0.05, 0.1) is 6.42 Å². The first-order valence-corrected chi connectivity index (χ1v) is 11.9. The lowest BCUT2D eigenvalue weighted by atomic mass is 9.97. The first-order valence-electron chi connectivity index (χ1n) is 11.9. The summed E-state index contributed by atoms with van der Waals surface area (Å²) in [6, 6.07) is 4.35. The number of unbranched alkanes of at least 4 members (excludes halogenated alkanes) is 1. The van der Waals surface area contributed by atoms with Crippen molar-refractivity contribution in [3.05, 3.63) is 35.4 Å². The van der Waals surface area contributed by atoms with Crippen molar-refractivity contribution in [1.82, 2.24) is 15.5 Å². The minimum atomic E-state index is -1.30. The van der Waals surface area contributed by atoms with Crippen molar-refractivity contribution >= 4 is 23.8 Å². The molecule has 0 radical (unpaired) electrons. The highest BCUT2D eigenvalue weighted by Gasteiger charge is 2.44. The second-order valence-corrected chi connectivity index (χ2v) is 9.62. The summed E-state index contributed by atoms with van der Waals surface area (Å²) in [5.74, 6) is 0.838. The number of ether oxygens (including phenoxy) is 1. The second kappa shape index (κ2) is 12.2. The number of carbonyl (C=O) groups is 4. The van der Waals surface area contributed by atoms with Crippen LogP contribution in [0.25, 0.3) is 0 Å². The monoisotopic (exact) mass is 484 g/mol. The molecule has 9 heteroatoms. The van der Waals surface area contributed by atoms with E-state index in [-0.39, 0.29) is 11.9 Å². The molecule has 1 aliphatic rings. The summed E-state index contributed by atoms with van der Waals surface area (Å²) >= 11 is 0. The van der Waals surface area contributed by atoms with E-state index in [1.807, 2.05) is 6.92 Å². The molecule has 1 saturated carbocycles. The zero-order valence-corrected chi connectivity index (χ0v) is 20.9. The van der Waals surface area contributed by atoms with Crippen LogP contribution in [0.1, 0.15) is 77.0 Å². The van der Waals surface area contributed by atoms with E-state index in [0.717, 1.165) is 12.8 Å². The topological polar surface area (TPSA) is 131 Å². The van der Waals surface area contributed by atoms with E-state index in [0.29, 0.717) is 30.5 Å². The van der Waals surface area contributed by atoms with E-state index in [4.69, 9.17) is 16.9 Å². The molecule has 0 aromatic heterocycles. The number of benzene rings is 1. The number of alkyl carbamates (subject to hydrolysis) is 1. The molecular weight excluding hydrogens is 448 g/mol. The van der Waals surface area contributed by atoms with E-state index in [9.17, 15) is 19.2 Å². The number of nitrogens with one attached hydrogen (secondary N) is 2. The summed E-state index contributed by atoms with van der Waals surface area (Å²) in [5, 5.41) is 5.37. The van der Waals surface area contributed by atoms with Crippen LogP contribution in [0.4, 0.5) is 4.79 Å². The quantitative estimate of drug-likeness (QED) is 0.328. The summed E-state index contributed by atoms with van der Waals surface area (Å²) in [5.41, 5.74) is 5.56. The van der Waals surface area contributed by atoms with Crippen LogP contribution in [0, 0.1) is 12.3 Å². The number of rotatable bonds is 11. The SMILES string of the molecule is C#Cc1ccccc1C(C(=O)NCCCC)N(C(=O)C(CC(N)=O)NC(=O)OC(C)(C)C)C1CC1. The number of nitrogens with two attached hydrogens (primary N) is 1. The van der Waals surface area contributed by atoms with Gasteiger partial charge in [-0.3, -0.25) is 14.4 Å². The van der Waals surface area contributed by atoms with Gasteiger partial charge >= 0.3 is 6.09 Å². The van der Waals surface area contributed by atoms with E-state index in [2.05, 4.69) is 16.6 Å². The van der Waals surface area contributed by atoms with E-state index in [1.165, 1.54) is 4.90 Å². The van der Waals surface area contributed by atoms with Crippen molar-refractivity contribution < 1.29 is 23.9 Å². The number of hydrogen-bond donors (Lipinski definition) is 3. The standard InChI is InChI=1S/C26H36N4O5/c1-6-8-15-28-23(32)22(19-12-10-9-11-17(19)7-2)30(18-13-14-18)24(33)20(16-21(27)31)29-25(34)35-26(3,4)5/h2,9-12,18,20,22H,6,8,13-16H2,1,3-5H3,(H2,27,31)(H,28,32)(H,29,34). The van der Waals surface area contributed by atoms with Crippen molar-refractivity contribution in [3.8, 4) is 12.3 Å². The van der Waals surface area contributed by atoms with Crippen LogP contribution in [0.3, 0.4) is 0 Å². The fourth-order valence-electron chi connectivity index (χ4n) is 3.67. The Morgan fingerprint density at radius 3 is 2.43 bits per heavy atom. The maximum Gasteiger partial charge on any atom is 0.408 e. The van der Waals surface area contributed by atoms with Gasteiger partial charge < -0.3 is 26.0 Å². The van der Waals surface area contributed by atoms with Gasteiger partial charge in [0.25, 0.3) is 0 Å². The number of terminal acetylenes is 1. The number of carbonyl (C=O) groups excluding carboxylic acids is 4.